The van der Waals surface area contributed by atoms with Crippen LogP contribution in [0.3, 0.4) is 0 Å². The molecule has 5 nitrogen and oxygen atoms in total. The van der Waals surface area contributed by atoms with Crippen molar-refractivity contribution in [2.24, 2.45) is 0 Å². The molecule has 0 aliphatic rings. The SMILES string of the molecule is CCOC(=O)c1c(C)[nH]c(C)c1C=CC(=O)O. The average Bonchev–Trinajstić information content (AvgIpc) is 2.50. The van der Waals surface area contributed by atoms with Gasteiger partial charge in [0, 0.05) is 23.0 Å². The largest absolute Gasteiger partial charge is 0.478 e. The Balaban J connectivity index is 3.19. The van der Waals surface area contributed by atoms with Crippen LogP contribution in [0.1, 0.15) is 34.2 Å². The zero-order chi connectivity index (χ0) is 13.0. The number of aromatic amines is 1. The summed E-state index contributed by atoms with van der Waals surface area (Å²) in [6.45, 7) is 5.53. The van der Waals surface area contributed by atoms with E-state index in [2.05, 4.69) is 4.98 Å². The van der Waals surface area contributed by atoms with Gasteiger partial charge in [0.15, 0.2) is 0 Å². The molecule has 0 atom stereocenters. The van der Waals surface area contributed by atoms with Crippen LogP contribution in [0.15, 0.2) is 6.08 Å². The highest BCUT2D eigenvalue weighted by atomic mass is 16.5. The van der Waals surface area contributed by atoms with Crippen molar-refractivity contribution in [3.63, 3.8) is 0 Å². The number of carbonyl (C=O) groups is 2. The van der Waals surface area contributed by atoms with E-state index in [1.54, 1.807) is 20.8 Å². The number of hydrogen-bond acceptors (Lipinski definition) is 3. The number of aromatic nitrogens is 1. The monoisotopic (exact) mass is 237 g/mol. The number of aryl methyl sites for hydroxylation is 2. The zero-order valence-electron chi connectivity index (χ0n) is 10.0. The predicted octanol–water partition coefficient (Wildman–Crippen LogP) is 1.91. The molecule has 0 unspecified atom stereocenters. The van der Waals surface area contributed by atoms with Crippen LogP contribution in [-0.2, 0) is 9.53 Å². The Morgan fingerprint density at radius 2 is 2.00 bits per heavy atom. The number of aliphatic carboxylic acids is 1. The second kappa shape index (κ2) is 5.34. The van der Waals surface area contributed by atoms with Gasteiger partial charge in [-0.25, -0.2) is 9.59 Å². The summed E-state index contributed by atoms with van der Waals surface area (Å²) in [5.74, 6) is -1.50. The summed E-state index contributed by atoms with van der Waals surface area (Å²) in [5.41, 5.74) is 2.36. The summed E-state index contributed by atoms with van der Waals surface area (Å²) >= 11 is 0. The van der Waals surface area contributed by atoms with Crippen molar-refractivity contribution in [1.82, 2.24) is 4.98 Å². The number of H-pyrrole nitrogens is 1. The first-order valence-corrected chi connectivity index (χ1v) is 5.24. The third-order valence-corrected chi connectivity index (χ3v) is 2.30. The van der Waals surface area contributed by atoms with E-state index in [9.17, 15) is 9.59 Å². The van der Waals surface area contributed by atoms with Gasteiger partial charge >= 0.3 is 11.9 Å². The molecule has 0 radical (unpaired) electrons. The Hall–Kier alpha value is -2.04. The standard InChI is InChI=1S/C12H15NO4/c1-4-17-12(16)11-8(3)13-7(2)9(11)5-6-10(14)15/h5-6,13H,4H2,1-3H3,(H,14,15). The lowest BCUT2D eigenvalue weighted by molar-refractivity contribution is -0.131. The highest BCUT2D eigenvalue weighted by Crippen LogP contribution is 2.20. The van der Waals surface area contributed by atoms with Gasteiger partial charge < -0.3 is 14.8 Å². The molecule has 17 heavy (non-hydrogen) atoms. The number of carboxylic acids is 1. The van der Waals surface area contributed by atoms with Gasteiger partial charge in [-0.05, 0) is 26.8 Å². The lowest BCUT2D eigenvalue weighted by atomic mass is 10.1. The number of carboxylic acid groups (broad SMARTS) is 1. The minimum Gasteiger partial charge on any atom is -0.478 e. The van der Waals surface area contributed by atoms with E-state index in [0.29, 0.717) is 16.8 Å². The van der Waals surface area contributed by atoms with Crippen molar-refractivity contribution in [3.8, 4) is 0 Å². The number of hydrogen-bond donors (Lipinski definition) is 2. The van der Waals surface area contributed by atoms with Gasteiger partial charge in [-0.2, -0.15) is 0 Å². The molecular formula is C12H15NO4. The van der Waals surface area contributed by atoms with Gasteiger partial charge in [-0.1, -0.05) is 0 Å². The smallest absolute Gasteiger partial charge is 0.340 e. The first-order chi connectivity index (χ1) is 7.97. The fourth-order valence-corrected chi connectivity index (χ4v) is 1.63. The van der Waals surface area contributed by atoms with Gasteiger partial charge in [-0.3, -0.25) is 0 Å². The normalized spacial score (nSPS) is 10.8. The Bertz CT molecular complexity index is 471. The summed E-state index contributed by atoms with van der Waals surface area (Å²) in [7, 11) is 0. The summed E-state index contributed by atoms with van der Waals surface area (Å²) in [6.07, 6.45) is 2.39. The molecule has 5 heteroatoms. The van der Waals surface area contributed by atoms with Crippen molar-refractivity contribution < 1.29 is 19.4 Å². The second-order valence-electron chi connectivity index (χ2n) is 3.56. The topological polar surface area (TPSA) is 79.4 Å². The summed E-state index contributed by atoms with van der Waals surface area (Å²) in [4.78, 5) is 25.2. The van der Waals surface area contributed by atoms with Crippen LogP contribution in [0.25, 0.3) is 6.08 Å². The van der Waals surface area contributed by atoms with E-state index < -0.39 is 11.9 Å². The zero-order valence-corrected chi connectivity index (χ0v) is 10.0. The van der Waals surface area contributed by atoms with E-state index >= 15 is 0 Å². The molecule has 1 aromatic heterocycles. The third-order valence-electron chi connectivity index (χ3n) is 2.30. The van der Waals surface area contributed by atoms with Crippen molar-refractivity contribution >= 4 is 18.0 Å². The molecule has 0 saturated carbocycles. The molecule has 0 aliphatic heterocycles. The molecule has 0 fully saturated rings. The van der Waals surface area contributed by atoms with E-state index in [4.69, 9.17) is 9.84 Å². The van der Waals surface area contributed by atoms with Crippen LogP contribution in [0.5, 0.6) is 0 Å². The molecule has 2 N–H and O–H groups in total. The second-order valence-corrected chi connectivity index (χ2v) is 3.56. The molecule has 1 heterocycles. The molecule has 1 rings (SSSR count). The van der Waals surface area contributed by atoms with E-state index in [-0.39, 0.29) is 6.61 Å². The number of esters is 1. The average molecular weight is 237 g/mol. The van der Waals surface area contributed by atoms with Crippen molar-refractivity contribution in [2.45, 2.75) is 20.8 Å². The van der Waals surface area contributed by atoms with Gasteiger partial charge in [0.1, 0.15) is 0 Å². The van der Waals surface area contributed by atoms with Gasteiger partial charge in [0.2, 0.25) is 0 Å². The maximum atomic E-state index is 11.7. The van der Waals surface area contributed by atoms with E-state index in [1.165, 1.54) is 6.08 Å². The summed E-state index contributed by atoms with van der Waals surface area (Å²) in [6, 6.07) is 0. The molecular weight excluding hydrogens is 222 g/mol. The molecule has 1 aromatic rings. The minimum atomic E-state index is -1.06. The first-order valence-electron chi connectivity index (χ1n) is 5.24. The van der Waals surface area contributed by atoms with Crippen molar-refractivity contribution in [2.75, 3.05) is 6.61 Å². The summed E-state index contributed by atoms with van der Waals surface area (Å²) < 4.78 is 4.93. The number of carbonyl (C=O) groups excluding carboxylic acids is 1. The van der Waals surface area contributed by atoms with Crippen LogP contribution >= 0.6 is 0 Å². The molecule has 0 bridgehead atoms. The highest BCUT2D eigenvalue weighted by molar-refractivity contribution is 5.97. The first kappa shape index (κ1) is 13.0. The Morgan fingerprint density at radius 3 is 2.53 bits per heavy atom. The molecule has 92 valence electrons. The molecule has 0 aromatic carbocycles. The maximum absolute atomic E-state index is 11.7. The van der Waals surface area contributed by atoms with Crippen LogP contribution in [0, 0.1) is 13.8 Å². The maximum Gasteiger partial charge on any atom is 0.340 e. The minimum absolute atomic E-state index is 0.282. The van der Waals surface area contributed by atoms with Gasteiger partial charge in [0.05, 0.1) is 12.2 Å². The predicted molar refractivity (Wildman–Crippen MR) is 62.9 cm³/mol. The fraction of sp³-hybridized carbons (Fsp3) is 0.333. The van der Waals surface area contributed by atoms with Crippen molar-refractivity contribution in [3.05, 3.63) is 28.6 Å². The number of ether oxygens (including phenoxy) is 1. The van der Waals surface area contributed by atoms with Crippen LogP contribution in [0.2, 0.25) is 0 Å². The van der Waals surface area contributed by atoms with Gasteiger partial charge in [-0.15, -0.1) is 0 Å². The fourth-order valence-electron chi connectivity index (χ4n) is 1.63. The molecule has 0 spiro atoms. The Labute approximate surface area is 99.1 Å². The van der Waals surface area contributed by atoms with Gasteiger partial charge in [0.25, 0.3) is 0 Å². The van der Waals surface area contributed by atoms with Crippen LogP contribution < -0.4 is 0 Å². The number of nitrogens with one attached hydrogen (secondary N) is 1. The highest BCUT2D eigenvalue weighted by Gasteiger charge is 2.18. The summed E-state index contributed by atoms with van der Waals surface area (Å²) in [5, 5.41) is 8.59. The lowest BCUT2D eigenvalue weighted by Crippen LogP contribution is -2.06. The van der Waals surface area contributed by atoms with Crippen LogP contribution in [0.4, 0.5) is 0 Å². The quantitative estimate of drug-likeness (QED) is 0.619. The molecule has 0 saturated heterocycles. The Morgan fingerprint density at radius 1 is 1.35 bits per heavy atom. The lowest BCUT2D eigenvalue weighted by Gasteiger charge is -2.02. The Kier molecular flexibility index (Phi) is 4.09. The van der Waals surface area contributed by atoms with Crippen LogP contribution in [-0.4, -0.2) is 28.6 Å². The van der Waals surface area contributed by atoms with Crippen molar-refractivity contribution in [1.29, 1.82) is 0 Å². The van der Waals surface area contributed by atoms with E-state index in [1.807, 2.05) is 0 Å². The molecule has 0 amide bonds. The molecule has 0 aliphatic carbocycles. The number of rotatable bonds is 4. The third kappa shape index (κ3) is 2.96. The van der Waals surface area contributed by atoms with E-state index in [0.717, 1.165) is 11.8 Å².